The van der Waals surface area contributed by atoms with Crippen LogP contribution in [0.5, 0.6) is 0 Å². The molecule has 7 heteroatoms. The molecule has 0 aliphatic rings. The lowest BCUT2D eigenvalue weighted by atomic mass is 10.1. The van der Waals surface area contributed by atoms with E-state index in [1.165, 1.54) is 23.8 Å². The number of anilines is 1. The summed E-state index contributed by atoms with van der Waals surface area (Å²) in [4.78, 5) is 33.3. The van der Waals surface area contributed by atoms with Crippen LogP contribution in [0.3, 0.4) is 0 Å². The molecule has 29 heavy (non-hydrogen) atoms. The Morgan fingerprint density at radius 1 is 0.966 bits per heavy atom. The molecule has 0 fully saturated rings. The van der Waals surface area contributed by atoms with E-state index >= 15 is 0 Å². The van der Waals surface area contributed by atoms with Crippen LogP contribution in [0.1, 0.15) is 38.8 Å². The highest BCUT2D eigenvalue weighted by Gasteiger charge is 2.22. The van der Waals surface area contributed by atoms with E-state index in [0.717, 1.165) is 22.3 Å². The van der Waals surface area contributed by atoms with E-state index in [-0.39, 0.29) is 24.1 Å². The van der Waals surface area contributed by atoms with E-state index in [1.807, 2.05) is 19.0 Å². The number of likely N-dealkylation sites (N-methyl/N-ethyl adjacent to an activating group) is 1. The third-order valence-corrected chi connectivity index (χ3v) is 5.90. The van der Waals surface area contributed by atoms with Crippen LogP contribution in [0.2, 0.25) is 0 Å². The Bertz CT molecular complexity index is 1030. The van der Waals surface area contributed by atoms with Gasteiger partial charge in [-0.15, -0.1) is 12.4 Å². The fourth-order valence-corrected chi connectivity index (χ4v) is 3.97. The van der Waals surface area contributed by atoms with Crippen LogP contribution in [0, 0.1) is 13.8 Å². The number of hydrogen-bond donors (Lipinski definition) is 0. The van der Waals surface area contributed by atoms with Gasteiger partial charge in [0.25, 0.3) is 5.91 Å². The summed E-state index contributed by atoms with van der Waals surface area (Å²) in [5.74, 6) is -0.120. The third kappa shape index (κ3) is 5.01. The van der Waals surface area contributed by atoms with Crippen LogP contribution in [0.25, 0.3) is 10.2 Å². The summed E-state index contributed by atoms with van der Waals surface area (Å²) in [7, 11) is 3.96. The molecular formula is C22H26ClN3O2S. The minimum atomic E-state index is -0.106. The van der Waals surface area contributed by atoms with Gasteiger partial charge in [0.1, 0.15) is 0 Å². The van der Waals surface area contributed by atoms with Crippen LogP contribution >= 0.6 is 23.7 Å². The lowest BCUT2D eigenvalue weighted by Gasteiger charge is -2.22. The van der Waals surface area contributed by atoms with Crippen molar-refractivity contribution in [1.29, 1.82) is 0 Å². The summed E-state index contributed by atoms with van der Waals surface area (Å²) in [6.45, 7) is 6.92. The van der Waals surface area contributed by atoms with E-state index in [0.29, 0.717) is 22.8 Å². The van der Waals surface area contributed by atoms with E-state index < -0.39 is 0 Å². The van der Waals surface area contributed by atoms with Gasteiger partial charge in [0.15, 0.2) is 10.9 Å². The number of carbonyl (C=O) groups is 2. The molecule has 3 aromatic rings. The number of Topliss-reactive ketones (excluding diaryl/α,β-unsaturated/α-hetero) is 1. The minimum absolute atomic E-state index is 0. The van der Waals surface area contributed by atoms with Gasteiger partial charge in [-0.2, -0.15) is 0 Å². The summed E-state index contributed by atoms with van der Waals surface area (Å²) < 4.78 is 1.08. The number of nitrogens with zero attached hydrogens (tertiary/aromatic N) is 3. The molecule has 0 aliphatic heterocycles. The van der Waals surface area contributed by atoms with E-state index in [1.54, 1.807) is 29.2 Å². The number of aryl methyl sites for hydroxylation is 2. The smallest absolute Gasteiger partial charge is 0.260 e. The molecule has 1 aromatic heterocycles. The lowest BCUT2D eigenvalue weighted by Crippen LogP contribution is -2.36. The van der Waals surface area contributed by atoms with Crippen molar-refractivity contribution in [1.82, 2.24) is 9.88 Å². The van der Waals surface area contributed by atoms with E-state index in [9.17, 15) is 9.59 Å². The Morgan fingerprint density at radius 2 is 1.59 bits per heavy atom. The molecule has 154 valence electrons. The predicted octanol–water partition coefficient (Wildman–Crippen LogP) is 4.75. The van der Waals surface area contributed by atoms with Crippen molar-refractivity contribution in [2.45, 2.75) is 20.8 Å². The number of halogens is 1. The van der Waals surface area contributed by atoms with Gasteiger partial charge in [-0.1, -0.05) is 29.5 Å². The van der Waals surface area contributed by atoms with Crippen molar-refractivity contribution in [2.24, 2.45) is 0 Å². The Balaban J connectivity index is 0.00000300. The highest BCUT2D eigenvalue weighted by molar-refractivity contribution is 7.22. The molecule has 0 radical (unpaired) electrons. The quantitative estimate of drug-likeness (QED) is 0.528. The largest absolute Gasteiger partial charge is 0.308 e. The summed E-state index contributed by atoms with van der Waals surface area (Å²) >= 11 is 1.53. The number of aromatic nitrogens is 1. The average Bonchev–Trinajstić information content (AvgIpc) is 3.09. The standard InChI is InChI=1S/C22H25N3O2S.ClH/c1-14-6-11-19-20(15(14)2)23-22(28-19)25(13-12-24(4)5)21(27)18-9-7-17(8-10-18)16(3)26;/h6-11H,12-13H2,1-5H3;1H. The first-order valence-corrected chi connectivity index (χ1v) is 10.0. The number of hydrogen-bond acceptors (Lipinski definition) is 5. The summed E-state index contributed by atoms with van der Waals surface area (Å²) in [6, 6.07) is 11.0. The van der Waals surface area contributed by atoms with Gasteiger partial charge in [-0.05, 0) is 64.2 Å². The number of ketones is 1. The van der Waals surface area contributed by atoms with Crippen LogP contribution in [-0.4, -0.2) is 48.8 Å². The maximum atomic E-state index is 13.3. The number of carbonyl (C=O) groups excluding carboxylic acids is 2. The van der Waals surface area contributed by atoms with Crippen molar-refractivity contribution in [2.75, 3.05) is 32.1 Å². The number of thiazole rings is 1. The number of benzene rings is 2. The Kier molecular flexibility index (Phi) is 7.52. The molecule has 5 nitrogen and oxygen atoms in total. The van der Waals surface area contributed by atoms with Gasteiger partial charge in [-0.3, -0.25) is 14.5 Å². The second-order valence-corrected chi connectivity index (χ2v) is 8.25. The van der Waals surface area contributed by atoms with Crippen LogP contribution in [0.15, 0.2) is 36.4 Å². The number of fused-ring (bicyclic) bond motifs is 1. The normalized spacial score (nSPS) is 10.8. The summed E-state index contributed by atoms with van der Waals surface area (Å²) in [5, 5.41) is 0.700. The fraction of sp³-hybridized carbons (Fsp3) is 0.318. The topological polar surface area (TPSA) is 53.5 Å². The molecule has 1 heterocycles. The van der Waals surface area contributed by atoms with Crippen LogP contribution < -0.4 is 4.90 Å². The van der Waals surface area contributed by atoms with E-state index in [2.05, 4.69) is 26.0 Å². The van der Waals surface area contributed by atoms with Crippen molar-refractivity contribution in [3.8, 4) is 0 Å². The molecule has 1 amide bonds. The van der Waals surface area contributed by atoms with Crippen molar-refractivity contribution in [3.63, 3.8) is 0 Å². The van der Waals surface area contributed by atoms with Crippen molar-refractivity contribution < 1.29 is 9.59 Å². The summed E-state index contributed by atoms with van der Waals surface area (Å²) in [5.41, 5.74) is 4.44. The zero-order chi connectivity index (χ0) is 20.4. The molecule has 0 saturated heterocycles. The predicted molar refractivity (Wildman–Crippen MR) is 123 cm³/mol. The molecule has 0 atom stereocenters. The summed E-state index contributed by atoms with van der Waals surface area (Å²) in [6.07, 6.45) is 0. The van der Waals surface area contributed by atoms with Gasteiger partial charge in [-0.25, -0.2) is 4.98 Å². The molecule has 0 saturated carbocycles. The van der Waals surface area contributed by atoms with Crippen LogP contribution in [-0.2, 0) is 0 Å². The highest BCUT2D eigenvalue weighted by atomic mass is 35.5. The molecule has 0 spiro atoms. The monoisotopic (exact) mass is 431 g/mol. The van der Waals surface area contributed by atoms with Crippen molar-refractivity contribution >= 4 is 50.8 Å². The first-order chi connectivity index (χ1) is 13.3. The molecule has 0 aliphatic carbocycles. The van der Waals surface area contributed by atoms with Gasteiger partial charge in [0.2, 0.25) is 0 Å². The Labute approximate surface area is 181 Å². The first-order valence-electron chi connectivity index (χ1n) is 9.22. The molecule has 2 aromatic carbocycles. The zero-order valence-corrected chi connectivity index (χ0v) is 19.0. The lowest BCUT2D eigenvalue weighted by molar-refractivity contribution is 0.0981. The minimum Gasteiger partial charge on any atom is -0.308 e. The van der Waals surface area contributed by atoms with Crippen LogP contribution in [0.4, 0.5) is 5.13 Å². The molecule has 0 bridgehead atoms. The molecule has 0 N–H and O–H groups in total. The Hall–Kier alpha value is -2.28. The number of amides is 1. The maximum absolute atomic E-state index is 13.3. The van der Waals surface area contributed by atoms with Gasteiger partial charge < -0.3 is 4.90 Å². The highest BCUT2D eigenvalue weighted by Crippen LogP contribution is 2.32. The number of rotatable bonds is 6. The molecule has 3 rings (SSSR count). The Morgan fingerprint density at radius 3 is 2.17 bits per heavy atom. The average molecular weight is 432 g/mol. The van der Waals surface area contributed by atoms with Gasteiger partial charge in [0.05, 0.1) is 10.2 Å². The third-order valence-electron chi connectivity index (χ3n) is 4.86. The van der Waals surface area contributed by atoms with E-state index in [4.69, 9.17) is 4.98 Å². The van der Waals surface area contributed by atoms with Gasteiger partial charge >= 0.3 is 0 Å². The SMILES string of the molecule is CC(=O)c1ccc(C(=O)N(CCN(C)C)c2nc3c(C)c(C)ccc3s2)cc1.Cl. The second kappa shape index (κ2) is 9.48. The molecule has 0 unspecified atom stereocenters. The fourth-order valence-electron chi connectivity index (χ4n) is 2.92. The first kappa shape index (κ1) is 23.0. The molecular weight excluding hydrogens is 406 g/mol. The zero-order valence-electron chi connectivity index (χ0n) is 17.4. The van der Waals surface area contributed by atoms with Crippen molar-refractivity contribution in [3.05, 3.63) is 58.7 Å². The van der Waals surface area contributed by atoms with Gasteiger partial charge in [0, 0.05) is 24.2 Å². The second-order valence-electron chi connectivity index (χ2n) is 7.24. The maximum Gasteiger partial charge on any atom is 0.260 e.